The van der Waals surface area contributed by atoms with Gasteiger partial charge in [0.1, 0.15) is 0 Å². The number of hydrogen-bond donors (Lipinski definition) is 2. The van der Waals surface area contributed by atoms with Gasteiger partial charge in [-0.15, -0.1) is 0 Å². The van der Waals surface area contributed by atoms with Crippen molar-refractivity contribution in [3.63, 3.8) is 0 Å². The first-order chi connectivity index (χ1) is 8.61. The highest BCUT2D eigenvalue weighted by atomic mass is 16.5. The van der Waals surface area contributed by atoms with Crippen molar-refractivity contribution in [3.8, 4) is 0 Å². The van der Waals surface area contributed by atoms with Crippen molar-refractivity contribution in [1.29, 1.82) is 0 Å². The van der Waals surface area contributed by atoms with Crippen LogP contribution >= 0.6 is 0 Å². The lowest BCUT2D eigenvalue weighted by Crippen LogP contribution is -2.51. The molecule has 5 heteroatoms. The minimum absolute atomic E-state index is 0.0298. The van der Waals surface area contributed by atoms with E-state index in [2.05, 4.69) is 5.32 Å². The smallest absolute Gasteiger partial charge is 0.305 e. The molecule has 18 heavy (non-hydrogen) atoms. The predicted molar refractivity (Wildman–Crippen MR) is 65.1 cm³/mol. The Morgan fingerprint density at radius 2 is 2.00 bits per heavy atom. The number of carboxylic acid groups (broad SMARTS) is 1. The molecule has 1 heterocycles. The van der Waals surface area contributed by atoms with Gasteiger partial charge in [-0.25, -0.2) is 0 Å². The lowest BCUT2D eigenvalue weighted by molar-refractivity contribution is -0.139. The number of nitrogens with one attached hydrogen (secondary N) is 1. The number of hydrogen-bond acceptors (Lipinski definition) is 3. The Kier molecular flexibility index (Phi) is 4.22. The van der Waals surface area contributed by atoms with Crippen LogP contribution in [0.1, 0.15) is 44.9 Å². The van der Waals surface area contributed by atoms with Gasteiger partial charge in [0.15, 0.2) is 0 Å². The minimum atomic E-state index is -0.836. The number of aliphatic carboxylic acids is 1. The molecule has 1 aliphatic carbocycles. The quantitative estimate of drug-likeness (QED) is 0.794. The fraction of sp³-hybridized carbons (Fsp3) is 0.846. The summed E-state index contributed by atoms with van der Waals surface area (Å²) in [7, 11) is 0. The maximum atomic E-state index is 12.2. The van der Waals surface area contributed by atoms with Gasteiger partial charge in [-0.2, -0.15) is 0 Å². The van der Waals surface area contributed by atoms with E-state index in [4.69, 9.17) is 9.84 Å². The Labute approximate surface area is 107 Å². The van der Waals surface area contributed by atoms with Crippen molar-refractivity contribution in [2.24, 2.45) is 5.92 Å². The van der Waals surface area contributed by atoms with Gasteiger partial charge < -0.3 is 15.2 Å². The number of carboxylic acids is 1. The van der Waals surface area contributed by atoms with E-state index >= 15 is 0 Å². The summed E-state index contributed by atoms with van der Waals surface area (Å²) in [6.45, 7) is 1.19. The van der Waals surface area contributed by atoms with Gasteiger partial charge in [-0.05, 0) is 25.7 Å². The summed E-state index contributed by atoms with van der Waals surface area (Å²) in [6.07, 6.45) is 5.33. The van der Waals surface area contributed by atoms with Gasteiger partial charge in [-0.1, -0.05) is 12.8 Å². The molecule has 1 saturated heterocycles. The number of amides is 1. The molecule has 1 saturated carbocycles. The summed E-state index contributed by atoms with van der Waals surface area (Å²) < 4.78 is 5.30. The topological polar surface area (TPSA) is 75.6 Å². The molecule has 0 aromatic rings. The number of carbonyl (C=O) groups is 2. The second-order valence-corrected chi connectivity index (χ2v) is 5.46. The van der Waals surface area contributed by atoms with Gasteiger partial charge in [-0.3, -0.25) is 9.59 Å². The molecule has 102 valence electrons. The molecule has 1 amide bonds. The van der Waals surface area contributed by atoms with Crippen molar-refractivity contribution in [3.05, 3.63) is 0 Å². The molecule has 0 radical (unpaired) electrons. The molecule has 1 atom stereocenters. The molecule has 0 aromatic carbocycles. The second-order valence-electron chi connectivity index (χ2n) is 5.46. The monoisotopic (exact) mass is 255 g/mol. The standard InChI is InChI=1S/C13H21NO4/c15-11(16)8-13(5-1-2-6-13)14-12(17)10-4-3-7-18-9-10/h10H,1-9H2,(H,14,17)(H,15,16). The molecule has 2 N–H and O–H groups in total. The molecule has 0 aromatic heterocycles. The zero-order valence-corrected chi connectivity index (χ0v) is 10.6. The number of ether oxygens (including phenoxy) is 1. The molecule has 5 nitrogen and oxygen atoms in total. The first kappa shape index (κ1) is 13.3. The molecule has 2 fully saturated rings. The fourth-order valence-electron chi connectivity index (χ4n) is 3.00. The van der Waals surface area contributed by atoms with Crippen LogP contribution in [0.25, 0.3) is 0 Å². The first-order valence-corrected chi connectivity index (χ1v) is 6.73. The largest absolute Gasteiger partial charge is 0.481 e. The average Bonchev–Trinajstić information content (AvgIpc) is 2.77. The highest BCUT2D eigenvalue weighted by Gasteiger charge is 2.38. The third kappa shape index (κ3) is 3.22. The zero-order valence-electron chi connectivity index (χ0n) is 10.6. The van der Waals surface area contributed by atoms with Crippen LogP contribution in [-0.4, -0.2) is 35.7 Å². The predicted octanol–water partition coefficient (Wildman–Crippen LogP) is 1.32. The van der Waals surface area contributed by atoms with Crippen molar-refractivity contribution < 1.29 is 19.4 Å². The van der Waals surface area contributed by atoms with Crippen LogP contribution in [0.3, 0.4) is 0 Å². The summed E-state index contributed by atoms with van der Waals surface area (Å²) in [4.78, 5) is 23.1. The summed E-state index contributed by atoms with van der Waals surface area (Å²) in [6, 6.07) is 0. The lowest BCUT2D eigenvalue weighted by Gasteiger charge is -2.31. The van der Waals surface area contributed by atoms with E-state index in [0.717, 1.165) is 45.1 Å². The van der Waals surface area contributed by atoms with E-state index in [0.29, 0.717) is 6.61 Å². The third-order valence-corrected chi connectivity index (χ3v) is 3.97. The highest BCUT2D eigenvalue weighted by molar-refractivity contribution is 5.80. The molecule has 1 unspecified atom stereocenters. The molecule has 0 bridgehead atoms. The average molecular weight is 255 g/mol. The Morgan fingerprint density at radius 3 is 2.56 bits per heavy atom. The van der Waals surface area contributed by atoms with Gasteiger partial charge in [0, 0.05) is 6.61 Å². The van der Waals surface area contributed by atoms with E-state index in [1.165, 1.54) is 0 Å². The van der Waals surface area contributed by atoms with Crippen LogP contribution in [0.2, 0.25) is 0 Å². The fourth-order valence-corrected chi connectivity index (χ4v) is 3.00. The van der Waals surface area contributed by atoms with Crippen molar-refractivity contribution >= 4 is 11.9 Å². The molecule has 1 aliphatic heterocycles. The van der Waals surface area contributed by atoms with Gasteiger partial charge in [0.25, 0.3) is 0 Å². The maximum Gasteiger partial charge on any atom is 0.305 e. The summed E-state index contributed by atoms with van der Waals surface area (Å²) in [5, 5.41) is 12.0. The van der Waals surface area contributed by atoms with Crippen LogP contribution in [0.15, 0.2) is 0 Å². The first-order valence-electron chi connectivity index (χ1n) is 6.73. The second kappa shape index (κ2) is 5.69. The zero-order chi connectivity index (χ0) is 13.0. The Morgan fingerprint density at radius 1 is 1.28 bits per heavy atom. The molecular weight excluding hydrogens is 234 g/mol. The Bertz CT molecular complexity index is 317. The number of carbonyl (C=O) groups excluding carboxylic acids is 1. The van der Waals surface area contributed by atoms with E-state index in [1.54, 1.807) is 0 Å². The minimum Gasteiger partial charge on any atom is -0.481 e. The third-order valence-electron chi connectivity index (χ3n) is 3.97. The Hall–Kier alpha value is -1.10. The SMILES string of the molecule is O=C(O)CC1(NC(=O)C2CCCOC2)CCCC1. The van der Waals surface area contributed by atoms with Crippen molar-refractivity contribution in [2.75, 3.05) is 13.2 Å². The van der Waals surface area contributed by atoms with Gasteiger partial charge >= 0.3 is 5.97 Å². The lowest BCUT2D eigenvalue weighted by atomic mass is 9.91. The normalized spacial score (nSPS) is 26.8. The molecule has 2 aliphatic rings. The molecule has 2 rings (SSSR count). The van der Waals surface area contributed by atoms with Gasteiger partial charge in [0.2, 0.25) is 5.91 Å². The summed E-state index contributed by atoms with van der Waals surface area (Å²) >= 11 is 0. The Balaban J connectivity index is 1.95. The van der Waals surface area contributed by atoms with Crippen LogP contribution in [0.5, 0.6) is 0 Å². The van der Waals surface area contributed by atoms with Crippen LogP contribution in [0, 0.1) is 5.92 Å². The molecular formula is C13H21NO4. The van der Waals surface area contributed by atoms with E-state index in [1.807, 2.05) is 0 Å². The van der Waals surface area contributed by atoms with Crippen LogP contribution in [0.4, 0.5) is 0 Å². The number of rotatable bonds is 4. The maximum absolute atomic E-state index is 12.2. The van der Waals surface area contributed by atoms with E-state index < -0.39 is 11.5 Å². The van der Waals surface area contributed by atoms with Crippen molar-refractivity contribution in [1.82, 2.24) is 5.32 Å². The van der Waals surface area contributed by atoms with E-state index in [9.17, 15) is 9.59 Å². The van der Waals surface area contributed by atoms with E-state index in [-0.39, 0.29) is 18.2 Å². The highest BCUT2D eigenvalue weighted by Crippen LogP contribution is 2.33. The molecule has 0 spiro atoms. The summed E-state index contributed by atoms with van der Waals surface area (Å²) in [5.41, 5.74) is -0.514. The van der Waals surface area contributed by atoms with Crippen molar-refractivity contribution in [2.45, 2.75) is 50.5 Å². The van der Waals surface area contributed by atoms with Gasteiger partial charge in [0.05, 0.1) is 24.5 Å². The van der Waals surface area contributed by atoms with Crippen LogP contribution in [-0.2, 0) is 14.3 Å². The summed E-state index contributed by atoms with van der Waals surface area (Å²) in [5.74, 6) is -0.972. The van der Waals surface area contributed by atoms with Crippen LogP contribution < -0.4 is 5.32 Å².